The molecule has 0 spiro atoms. The summed E-state index contributed by atoms with van der Waals surface area (Å²) in [4.78, 5) is 22.4. The summed E-state index contributed by atoms with van der Waals surface area (Å²) in [5.41, 5.74) is 6.43. The van der Waals surface area contributed by atoms with Crippen LogP contribution >= 0.6 is 11.8 Å². The van der Waals surface area contributed by atoms with E-state index in [1.165, 1.54) is 5.56 Å². The van der Waals surface area contributed by atoms with Crippen molar-refractivity contribution in [2.24, 2.45) is 4.99 Å². The zero-order chi connectivity index (χ0) is 18.7. The fraction of sp³-hybridized carbons (Fsp3) is 0.136. The summed E-state index contributed by atoms with van der Waals surface area (Å²) >= 11 is 1.64. The maximum atomic E-state index is 10.8. The number of carbonyl (C=O) groups is 1. The van der Waals surface area contributed by atoms with E-state index in [1.54, 1.807) is 24.0 Å². The first kappa shape index (κ1) is 18.1. The number of aromatic nitrogens is 1. The number of benzene rings is 1. The second kappa shape index (κ2) is 7.67. The molecule has 0 unspecified atom stereocenters. The second-order valence-corrected chi connectivity index (χ2v) is 7.29. The molecule has 1 aromatic carbocycles. The predicted octanol–water partition coefficient (Wildman–Crippen LogP) is 5.18. The van der Waals surface area contributed by atoms with Gasteiger partial charge in [0.2, 0.25) is 0 Å². The van der Waals surface area contributed by atoms with Crippen LogP contribution in [-0.4, -0.2) is 17.0 Å². The van der Waals surface area contributed by atoms with Gasteiger partial charge in [-0.3, -0.25) is 9.78 Å². The number of aldehydes is 1. The number of hydrogen-bond acceptors (Lipinski definition) is 4. The van der Waals surface area contributed by atoms with Crippen LogP contribution in [0.2, 0.25) is 0 Å². The molecule has 0 atom stereocenters. The highest BCUT2D eigenvalue weighted by Gasteiger charge is 2.20. The normalized spacial score (nSPS) is 14.0. The minimum atomic E-state index is 0.434. The molecule has 3 nitrogen and oxygen atoms in total. The number of aliphatic imine (C=N–C) groups is 1. The third-order valence-corrected chi connectivity index (χ3v) is 5.31. The monoisotopic (exact) mass is 360 g/mol. The Hall–Kier alpha value is -2.72. The SMILES string of the molecule is C=C(C=O)/C=C\C1=C(C)N=C(c2ncccc2C)c2cc(C)ccc2S1. The number of allylic oxidation sites excluding steroid dienone is 4. The molecule has 26 heavy (non-hydrogen) atoms. The molecule has 1 aliphatic rings. The van der Waals surface area contributed by atoms with Gasteiger partial charge in [-0.25, -0.2) is 4.99 Å². The molecule has 0 radical (unpaired) electrons. The summed E-state index contributed by atoms with van der Waals surface area (Å²) in [7, 11) is 0. The summed E-state index contributed by atoms with van der Waals surface area (Å²) < 4.78 is 0. The van der Waals surface area contributed by atoms with Gasteiger partial charge in [0.1, 0.15) is 6.29 Å². The average molecular weight is 360 g/mol. The van der Waals surface area contributed by atoms with Gasteiger partial charge in [-0.15, -0.1) is 0 Å². The number of aryl methyl sites for hydroxylation is 2. The van der Waals surface area contributed by atoms with Crippen molar-refractivity contribution in [2.75, 3.05) is 0 Å². The molecule has 1 aromatic heterocycles. The lowest BCUT2D eigenvalue weighted by molar-refractivity contribution is -0.104. The van der Waals surface area contributed by atoms with Crippen LogP contribution in [-0.2, 0) is 4.79 Å². The molecule has 0 bridgehead atoms. The zero-order valence-corrected chi connectivity index (χ0v) is 15.9. The van der Waals surface area contributed by atoms with Crippen molar-refractivity contribution in [2.45, 2.75) is 25.7 Å². The van der Waals surface area contributed by atoms with Gasteiger partial charge >= 0.3 is 0 Å². The Bertz CT molecular complexity index is 983. The lowest BCUT2D eigenvalue weighted by Crippen LogP contribution is -2.09. The lowest BCUT2D eigenvalue weighted by Gasteiger charge is -2.11. The molecule has 2 heterocycles. The lowest BCUT2D eigenvalue weighted by atomic mass is 10.0. The third kappa shape index (κ3) is 3.75. The van der Waals surface area contributed by atoms with E-state index in [-0.39, 0.29) is 0 Å². The first-order valence-electron chi connectivity index (χ1n) is 8.32. The highest BCUT2D eigenvalue weighted by molar-refractivity contribution is 8.03. The van der Waals surface area contributed by atoms with Crippen LogP contribution in [0.1, 0.15) is 29.3 Å². The second-order valence-electron chi connectivity index (χ2n) is 6.21. The largest absolute Gasteiger partial charge is 0.298 e. The molecule has 3 rings (SSSR count). The summed E-state index contributed by atoms with van der Waals surface area (Å²) in [6, 6.07) is 10.3. The molecule has 0 saturated carbocycles. The van der Waals surface area contributed by atoms with Crippen LogP contribution in [0.25, 0.3) is 0 Å². The molecular formula is C22H20N2OS. The predicted molar refractivity (Wildman–Crippen MR) is 109 cm³/mol. The molecule has 0 aliphatic carbocycles. The van der Waals surface area contributed by atoms with Crippen LogP contribution in [0.3, 0.4) is 0 Å². The minimum Gasteiger partial charge on any atom is -0.298 e. The molecular weight excluding hydrogens is 340 g/mol. The standard InChI is InChI=1S/C22H20N2OS/c1-14-7-10-20-18(12-14)22(21-16(3)6-5-11-23-21)24-17(4)19(26-20)9-8-15(2)13-25/h5-13H,2H2,1,3-4H3/b9-8-. The van der Waals surface area contributed by atoms with Crippen LogP contribution in [0.15, 0.2) is 81.3 Å². The van der Waals surface area contributed by atoms with Gasteiger partial charge in [0.15, 0.2) is 0 Å². The van der Waals surface area contributed by atoms with E-state index in [0.717, 1.165) is 44.3 Å². The summed E-state index contributed by atoms with van der Waals surface area (Å²) in [5, 5.41) is 0. The highest BCUT2D eigenvalue weighted by atomic mass is 32.2. The Labute approximate surface area is 158 Å². The van der Waals surface area contributed by atoms with Gasteiger partial charge in [0.25, 0.3) is 0 Å². The summed E-state index contributed by atoms with van der Waals surface area (Å²) in [5.74, 6) is 0. The Morgan fingerprint density at radius 2 is 2.00 bits per heavy atom. The van der Waals surface area contributed by atoms with E-state index in [4.69, 9.17) is 4.99 Å². The van der Waals surface area contributed by atoms with E-state index < -0.39 is 0 Å². The van der Waals surface area contributed by atoms with Crippen molar-refractivity contribution in [1.29, 1.82) is 0 Å². The van der Waals surface area contributed by atoms with Gasteiger partial charge in [-0.2, -0.15) is 0 Å². The zero-order valence-electron chi connectivity index (χ0n) is 15.1. The van der Waals surface area contributed by atoms with Gasteiger partial charge in [0, 0.05) is 27.1 Å². The Morgan fingerprint density at radius 1 is 1.19 bits per heavy atom. The number of fused-ring (bicyclic) bond motifs is 1. The topological polar surface area (TPSA) is 42.3 Å². The number of nitrogens with zero attached hydrogens (tertiary/aromatic N) is 2. The van der Waals surface area contributed by atoms with Crippen molar-refractivity contribution < 1.29 is 4.79 Å². The smallest absolute Gasteiger partial charge is 0.149 e. The fourth-order valence-electron chi connectivity index (χ4n) is 2.68. The Morgan fingerprint density at radius 3 is 2.73 bits per heavy atom. The maximum absolute atomic E-state index is 10.8. The summed E-state index contributed by atoms with van der Waals surface area (Å²) in [6.07, 6.45) is 6.17. The van der Waals surface area contributed by atoms with Gasteiger partial charge < -0.3 is 0 Å². The highest BCUT2D eigenvalue weighted by Crippen LogP contribution is 2.37. The van der Waals surface area contributed by atoms with Gasteiger partial charge in [0.05, 0.1) is 17.1 Å². The van der Waals surface area contributed by atoms with Gasteiger partial charge in [-0.1, -0.05) is 42.1 Å². The molecule has 0 amide bonds. The molecule has 0 fully saturated rings. The first-order valence-corrected chi connectivity index (χ1v) is 9.14. The van der Waals surface area contributed by atoms with E-state index >= 15 is 0 Å². The van der Waals surface area contributed by atoms with Crippen LogP contribution in [0.5, 0.6) is 0 Å². The molecule has 2 aromatic rings. The third-order valence-electron chi connectivity index (χ3n) is 4.08. The Kier molecular flexibility index (Phi) is 5.33. The van der Waals surface area contributed by atoms with E-state index in [2.05, 4.69) is 36.7 Å². The number of rotatable bonds is 4. The van der Waals surface area contributed by atoms with Gasteiger partial charge in [-0.05, 0) is 50.6 Å². The number of hydrogen-bond donors (Lipinski definition) is 0. The van der Waals surface area contributed by atoms with Crippen LogP contribution in [0.4, 0.5) is 0 Å². The van der Waals surface area contributed by atoms with Crippen molar-refractivity contribution >= 4 is 23.8 Å². The molecule has 130 valence electrons. The maximum Gasteiger partial charge on any atom is 0.149 e. The minimum absolute atomic E-state index is 0.434. The van der Waals surface area contributed by atoms with Crippen molar-refractivity contribution in [3.05, 3.63) is 93.8 Å². The van der Waals surface area contributed by atoms with Crippen LogP contribution in [0, 0.1) is 13.8 Å². The molecule has 4 heteroatoms. The van der Waals surface area contributed by atoms with Crippen molar-refractivity contribution in [3.63, 3.8) is 0 Å². The fourth-order valence-corrected chi connectivity index (χ4v) is 3.65. The van der Waals surface area contributed by atoms with E-state index in [1.807, 2.05) is 32.1 Å². The first-order chi connectivity index (χ1) is 12.5. The Balaban J connectivity index is 2.21. The molecule has 0 N–H and O–H groups in total. The summed E-state index contributed by atoms with van der Waals surface area (Å²) in [6.45, 7) is 9.81. The molecule has 0 saturated heterocycles. The quantitative estimate of drug-likeness (QED) is 0.428. The average Bonchev–Trinajstić information content (AvgIpc) is 2.77. The van der Waals surface area contributed by atoms with Crippen molar-refractivity contribution in [1.82, 2.24) is 4.98 Å². The van der Waals surface area contributed by atoms with E-state index in [9.17, 15) is 4.79 Å². The van der Waals surface area contributed by atoms with Crippen molar-refractivity contribution in [3.8, 4) is 0 Å². The number of carbonyl (C=O) groups excluding carboxylic acids is 1. The molecule has 1 aliphatic heterocycles. The van der Waals surface area contributed by atoms with E-state index in [0.29, 0.717) is 5.57 Å². The number of pyridine rings is 1. The number of thioether (sulfide) groups is 1. The van der Waals surface area contributed by atoms with Crippen LogP contribution < -0.4 is 0 Å².